The largest absolute Gasteiger partial charge is 0.384 e. The van der Waals surface area contributed by atoms with E-state index in [4.69, 9.17) is 10.4 Å². The molecule has 90 valence electrons. The van der Waals surface area contributed by atoms with Crippen molar-refractivity contribution in [3.05, 3.63) is 29.3 Å². The van der Waals surface area contributed by atoms with Gasteiger partial charge in [-0.1, -0.05) is 11.6 Å². The standard InChI is InChI=1S/C12H14N2O3/c15-11(14(16)17)8-2-3-10-9(6-8)12(7-13-10)4-1-5-12/h2-3,6,13,16-17H,1,4-5,7H2. The van der Waals surface area contributed by atoms with Crippen molar-refractivity contribution in [2.24, 2.45) is 0 Å². The Morgan fingerprint density at radius 1 is 1.35 bits per heavy atom. The zero-order chi connectivity index (χ0) is 12.0. The summed E-state index contributed by atoms with van der Waals surface area (Å²) < 4.78 is 0. The summed E-state index contributed by atoms with van der Waals surface area (Å²) in [5.74, 6) is -0.797. The van der Waals surface area contributed by atoms with Crippen LogP contribution in [-0.2, 0) is 5.41 Å². The first-order valence-electron chi connectivity index (χ1n) is 5.73. The van der Waals surface area contributed by atoms with Crippen LogP contribution >= 0.6 is 0 Å². The summed E-state index contributed by atoms with van der Waals surface area (Å²) in [6.45, 7) is 0.919. The van der Waals surface area contributed by atoms with Gasteiger partial charge in [0, 0.05) is 23.2 Å². The molecule has 5 nitrogen and oxygen atoms in total. The van der Waals surface area contributed by atoms with Crippen LogP contribution in [0, 0.1) is 0 Å². The summed E-state index contributed by atoms with van der Waals surface area (Å²) in [5, 5.41) is 20.5. The van der Waals surface area contributed by atoms with Gasteiger partial charge in [-0.05, 0) is 36.6 Å². The van der Waals surface area contributed by atoms with Crippen molar-refractivity contribution >= 4 is 11.6 Å². The number of rotatable bonds is 1. The number of anilines is 1. The average molecular weight is 234 g/mol. The Bertz CT molecular complexity index is 481. The van der Waals surface area contributed by atoms with Crippen LogP contribution in [0.1, 0.15) is 35.2 Å². The van der Waals surface area contributed by atoms with Gasteiger partial charge < -0.3 is 5.32 Å². The first-order chi connectivity index (χ1) is 8.12. The third-order valence-corrected chi connectivity index (χ3v) is 3.95. The van der Waals surface area contributed by atoms with Gasteiger partial charge in [-0.3, -0.25) is 15.2 Å². The van der Waals surface area contributed by atoms with E-state index < -0.39 is 5.91 Å². The zero-order valence-corrected chi connectivity index (χ0v) is 9.31. The molecule has 3 N–H and O–H groups in total. The van der Waals surface area contributed by atoms with Crippen LogP contribution in [0.4, 0.5) is 5.69 Å². The number of amides is 1. The molecule has 0 bridgehead atoms. The summed E-state index contributed by atoms with van der Waals surface area (Å²) in [6, 6.07) is 5.21. The fraction of sp³-hybridized carbons (Fsp3) is 0.417. The van der Waals surface area contributed by atoms with Gasteiger partial charge in [-0.2, -0.15) is 0 Å². The fourth-order valence-electron chi connectivity index (χ4n) is 2.79. The van der Waals surface area contributed by atoms with Gasteiger partial charge in [0.25, 0.3) is 0 Å². The molecule has 1 saturated carbocycles. The highest BCUT2D eigenvalue weighted by Crippen LogP contribution is 2.50. The monoisotopic (exact) mass is 234 g/mol. The van der Waals surface area contributed by atoms with Crippen molar-refractivity contribution in [1.29, 1.82) is 0 Å². The van der Waals surface area contributed by atoms with Gasteiger partial charge in [0.05, 0.1) is 0 Å². The van der Waals surface area contributed by atoms with E-state index in [1.165, 1.54) is 6.42 Å². The molecule has 0 radical (unpaired) electrons. The molecular weight excluding hydrogens is 220 g/mol. The Balaban J connectivity index is 2.01. The lowest BCUT2D eigenvalue weighted by molar-refractivity contribution is -0.260. The maximum Gasteiger partial charge on any atom is 0.303 e. The van der Waals surface area contributed by atoms with E-state index in [1.807, 2.05) is 6.07 Å². The smallest absolute Gasteiger partial charge is 0.303 e. The zero-order valence-electron chi connectivity index (χ0n) is 9.31. The Morgan fingerprint density at radius 2 is 2.12 bits per heavy atom. The normalized spacial score (nSPS) is 19.4. The predicted molar refractivity (Wildman–Crippen MR) is 60.2 cm³/mol. The molecule has 1 spiro atoms. The Labute approximate surface area is 98.6 Å². The molecule has 5 heteroatoms. The lowest BCUT2D eigenvalue weighted by Crippen LogP contribution is -2.36. The SMILES string of the molecule is O=C(c1ccc2c(c1)C1(CCC1)CN2)N(O)O. The van der Waals surface area contributed by atoms with Crippen LogP contribution < -0.4 is 5.32 Å². The Morgan fingerprint density at radius 3 is 2.71 bits per heavy atom. The molecular formula is C12H14N2O3. The summed E-state index contributed by atoms with van der Waals surface area (Å²) in [4.78, 5) is 11.5. The number of nitrogens with zero attached hydrogens (tertiary/aromatic N) is 1. The molecule has 1 fully saturated rings. The first kappa shape index (κ1) is 10.6. The third kappa shape index (κ3) is 1.43. The molecule has 1 aliphatic carbocycles. The molecule has 1 amide bonds. The molecule has 1 aliphatic heterocycles. The maximum absolute atomic E-state index is 11.5. The second-order valence-corrected chi connectivity index (χ2v) is 4.84. The van der Waals surface area contributed by atoms with Gasteiger partial charge in [0.2, 0.25) is 0 Å². The van der Waals surface area contributed by atoms with Crippen molar-refractivity contribution in [1.82, 2.24) is 5.23 Å². The van der Waals surface area contributed by atoms with Crippen LogP contribution in [0.3, 0.4) is 0 Å². The van der Waals surface area contributed by atoms with Crippen molar-refractivity contribution < 1.29 is 15.2 Å². The Kier molecular flexibility index (Phi) is 2.14. The first-order valence-corrected chi connectivity index (χ1v) is 5.73. The highest BCUT2D eigenvalue weighted by molar-refractivity contribution is 5.93. The summed E-state index contributed by atoms with van der Waals surface area (Å²) in [5.41, 5.74) is 2.67. The molecule has 17 heavy (non-hydrogen) atoms. The topological polar surface area (TPSA) is 72.8 Å². The number of nitrogens with one attached hydrogen (secondary N) is 1. The van der Waals surface area contributed by atoms with E-state index in [1.54, 1.807) is 12.1 Å². The predicted octanol–water partition coefficient (Wildman–Crippen LogP) is 1.75. The van der Waals surface area contributed by atoms with Crippen LogP contribution in [0.25, 0.3) is 0 Å². The van der Waals surface area contributed by atoms with Crippen LogP contribution in [0.2, 0.25) is 0 Å². The molecule has 0 atom stereocenters. The second-order valence-electron chi connectivity index (χ2n) is 4.84. The number of carbonyl (C=O) groups excluding carboxylic acids is 1. The van der Waals surface area contributed by atoms with E-state index in [-0.39, 0.29) is 10.6 Å². The number of benzene rings is 1. The van der Waals surface area contributed by atoms with Gasteiger partial charge in [-0.15, -0.1) is 0 Å². The number of carbonyl (C=O) groups is 1. The average Bonchev–Trinajstić information content (AvgIpc) is 2.65. The van der Waals surface area contributed by atoms with Gasteiger partial charge >= 0.3 is 5.91 Å². The number of hydrogen-bond acceptors (Lipinski definition) is 4. The highest BCUT2D eigenvalue weighted by Gasteiger charge is 2.44. The third-order valence-electron chi connectivity index (χ3n) is 3.95. The highest BCUT2D eigenvalue weighted by atomic mass is 16.8. The van der Waals surface area contributed by atoms with Crippen molar-refractivity contribution in [3.63, 3.8) is 0 Å². The van der Waals surface area contributed by atoms with Crippen LogP contribution in [0.15, 0.2) is 18.2 Å². The molecule has 0 unspecified atom stereocenters. The summed E-state index contributed by atoms with van der Waals surface area (Å²) in [7, 11) is 0. The molecule has 3 rings (SSSR count). The van der Waals surface area contributed by atoms with Crippen molar-refractivity contribution in [3.8, 4) is 0 Å². The van der Waals surface area contributed by atoms with E-state index in [0.717, 1.165) is 30.6 Å². The minimum atomic E-state index is -0.797. The van der Waals surface area contributed by atoms with Crippen molar-refractivity contribution in [2.75, 3.05) is 11.9 Å². The molecule has 1 heterocycles. The second kappa shape index (κ2) is 3.45. The number of hydroxylamine groups is 2. The quantitative estimate of drug-likeness (QED) is 0.511. The molecule has 2 aliphatic rings. The molecule has 1 aromatic carbocycles. The fourth-order valence-corrected chi connectivity index (χ4v) is 2.79. The minimum Gasteiger partial charge on any atom is -0.384 e. The van der Waals surface area contributed by atoms with E-state index >= 15 is 0 Å². The van der Waals surface area contributed by atoms with Crippen molar-refractivity contribution in [2.45, 2.75) is 24.7 Å². The Hall–Kier alpha value is -1.59. The van der Waals surface area contributed by atoms with Gasteiger partial charge in [0.15, 0.2) is 0 Å². The molecule has 1 aromatic rings. The van der Waals surface area contributed by atoms with Crippen LogP contribution in [-0.4, -0.2) is 28.1 Å². The lowest BCUT2D eigenvalue weighted by atomic mass is 9.65. The number of hydrogen-bond donors (Lipinski definition) is 3. The lowest BCUT2D eigenvalue weighted by Gasteiger charge is -2.38. The maximum atomic E-state index is 11.5. The minimum absolute atomic E-state index is 0.168. The van der Waals surface area contributed by atoms with Gasteiger partial charge in [-0.25, -0.2) is 0 Å². The van der Waals surface area contributed by atoms with E-state index in [2.05, 4.69) is 5.32 Å². The van der Waals surface area contributed by atoms with Crippen LogP contribution in [0.5, 0.6) is 0 Å². The summed E-state index contributed by atoms with van der Waals surface area (Å²) in [6.07, 6.45) is 3.48. The van der Waals surface area contributed by atoms with E-state index in [9.17, 15) is 4.79 Å². The summed E-state index contributed by atoms with van der Waals surface area (Å²) >= 11 is 0. The molecule has 0 aromatic heterocycles. The van der Waals surface area contributed by atoms with E-state index in [0.29, 0.717) is 5.56 Å². The molecule has 0 saturated heterocycles. The number of fused-ring (bicyclic) bond motifs is 2. The van der Waals surface area contributed by atoms with Gasteiger partial charge in [0.1, 0.15) is 0 Å².